The van der Waals surface area contributed by atoms with Gasteiger partial charge in [0.1, 0.15) is 5.88 Å². The molecule has 2 amide bonds. The van der Waals surface area contributed by atoms with Crippen LogP contribution in [0.4, 0.5) is 10.8 Å². The second-order valence-electron chi connectivity index (χ2n) is 3.90. The van der Waals surface area contributed by atoms with E-state index in [2.05, 4.69) is 20.8 Å². The monoisotopic (exact) mass is 376 g/mol. The lowest BCUT2D eigenvalue weighted by Crippen LogP contribution is -2.13. The Kier molecular flexibility index (Phi) is 6.44. The topological polar surface area (TPSA) is 84.0 Å². The van der Waals surface area contributed by atoms with Crippen LogP contribution in [0.1, 0.15) is 0 Å². The van der Waals surface area contributed by atoms with Gasteiger partial charge in [-0.05, 0) is 24.3 Å². The second-order valence-corrected chi connectivity index (χ2v) is 6.80. The van der Waals surface area contributed by atoms with Gasteiger partial charge < -0.3 is 5.32 Å². The number of rotatable bonds is 6. The Morgan fingerprint density at radius 3 is 2.55 bits per heavy atom. The van der Waals surface area contributed by atoms with E-state index >= 15 is 0 Å². The normalized spacial score (nSPS) is 10.3. The first-order chi connectivity index (χ1) is 10.6. The summed E-state index contributed by atoms with van der Waals surface area (Å²) in [7, 11) is 0. The molecule has 1 aromatic carbocycles. The van der Waals surface area contributed by atoms with E-state index in [1.54, 1.807) is 24.3 Å². The summed E-state index contributed by atoms with van der Waals surface area (Å²) in [6, 6.07) is 6.83. The molecule has 2 aromatic rings. The quantitative estimate of drug-likeness (QED) is 0.459. The fourth-order valence-electron chi connectivity index (χ4n) is 1.33. The van der Waals surface area contributed by atoms with Crippen molar-refractivity contribution in [3.63, 3.8) is 0 Å². The van der Waals surface area contributed by atoms with Gasteiger partial charge in [0.2, 0.25) is 16.9 Å². The van der Waals surface area contributed by atoms with Crippen molar-refractivity contribution >= 4 is 68.9 Å². The number of carbonyl (C=O) groups is 2. The van der Waals surface area contributed by atoms with E-state index in [1.165, 1.54) is 23.1 Å². The number of amides is 2. The molecule has 0 spiro atoms. The fourth-order valence-corrected chi connectivity index (χ4v) is 3.09. The molecule has 0 saturated heterocycles. The highest BCUT2D eigenvalue weighted by Gasteiger charge is 2.10. The average Bonchev–Trinajstić information content (AvgIpc) is 2.95. The van der Waals surface area contributed by atoms with E-state index < -0.39 is 0 Å². The minimum absolute atomic E-state index is 0.147. The number of thioether (sulfide) groups is 1. The van der Waals surface area contributed by atoms with Crippen molar-refractivity contribution in [1.82, 2.24) is 10.2 Å². The van der Waals surface area contributed by atoms with Gasteiger partial charge in [-0.25, -0.2) is 0 Å². The molecule has 0 bridgehead atoms. The molecule has 0 fully saturated rings. The summed E-state index contributed by atoms with van der Waals surface area (Å²) in [4.78, 5) is 22.9. The zero-order chi connectivity index (χ0) is 15.9. The summed E-state index contributed by atoms with van der Waals surface area (Å²) in [6.45, 7) is 0. The van der Waals surface area contributed by atoms with Gasteiger partial charge in [-0.1, -0.05) is 34.7 Å². The van der Waals surface area contributed by atoms with Crippen molar-refractivity contribution in [2.45, 2.75) is 4.34 Å². The highest BCUT2D eigenvalue weighted by Crippen LogP contribution is 2.25. The standard InChI is InChI=1S/C12H10Cl2N4O2S2/c13-5-9(19)16-11-17-18-12(22-11)21-6-10(20)15-8-3-1-7(14)2-4-8/h1-4H,5-6H2,(H,15,20)(H,16,17,19). The molecule has 6 nitrogen and oxygen atoms in total. The third-order valence-corrected chi connectivity index (χ3v) is 4.70. The molecule has 2 N–H and O–H groups in total. The number of hydrogen-bond acceptors (Lipinski definition) is 6. The number of nitrogens with zero attached hydrogens (tertiary/aromatic N) is 2. The SMILES string of the molecule is O=C(CSc1nnc(NC(=O)CCl)s1)Nc1ccc(Cl)cc1. The molecule has 0 aliphatic rings. The highest BCUT2D eigenvalue weighted by atomic mass is 35.5. The Morgan fingerprint density at radius 1 is 1.14 bits per heavy atom. The van der Waals surface area contributed by atoms with Crippen LogP contribution in [0.3, 0.4) is 0 Å². The van der Waals surface area contributed by atoms with E-state index in [-0.39, 0.29) is 23.4 Å². The maximum Gasteiger partial charge on any atom is 0.241 e. The Bertz CT molecular complexity index is 663. The summed E-state index contributed by atoms with van der Waals surface area (Å²) in [6.07, 6.45) is 0. The number of nitrogens with one attached hydrogen (secondary N) is 2. The summed E-state index contributed by atoms with van der Waals surface area (Å²) < 4.78 is 0.580. The minimum Gasteiger partial charge on any atom is -0.325 e. The molecular formula is C12H10Cl2N4O2S2. The maximum atomic E-state index is 11.8. The lowest BCUT2D eigenvalue weighted by molar-refractivity contribution is -0.114. The highest BCUT2D eigenvalue weighted by molar-refractivity contribution is 8.01. The van der Waals surface area contributed by atoms with Crippen molar-refractivity contribution in [2.24, 2.45) is 0 Å². The number of hydrogen-bond donors (Lipinski definition) is 2. The smallest absolute Gasteiger partial charge is 0.241 e. The molecule has 0 unspecified atom stereocenters. The molecular weight excluding hydrogens is 367 g/mol. The van der Waals surface area contributed by atoms with Gasteiger partial charge in [-0.15, -0.1) is 21.8 Å². The molecule has 116 valence electrons. The molecule has 1 aromatic heterocycles. The van der Waals surface area contributed by atoms with Crippen LogP contribution >= 0.6 is 46.3 Å². The molecule has 10 heteroatoms. The van der Waals surface area contributed by atoms with E-state index in [4.69, 9.17) is 23.2 Å². The van der Waals surface area contributed by atoms with Gasteiger partial charge in [0.15, 0.2) is 4.34 Å². The van der Waals surface area contributed by atoms with Crippen LogP contribution in [-0.2, 0) is 9.59 Å². The van der Waals surface area contributed by atoms with E-state index in [0.29, 0.717) is 20.2 Å². The van der Waals surface area contributed by atoms with Crippen LogP contribution in [-0.4, -0.2) is 33.6 Å². The average molecular weight is 377 g/mol. The number of benzene rings is 1. The van der Waals surface area contributed by atoms with E-state index in [9.17, 15) is 9.59 Å². The van der Waals surface area contributed by atoms with Crippen molar-refractivity contribution < 1.29 is 9.59 Å². The Morgan fingerprint density at radius 2 is 1.86 bits per heavy atom. The zero-order valence-corrected chi connectivity index (χ0v) is 14.2. The summed E-state index contributed by atoms with van der Waals surface area (Å²) in [5.41, 5.74) is 0.669. The number of halogens is 2. The second kappa shape index (κ2) is 8.33. The lowest BCUT2D eigenvalue weighted by atomic mass is 10.3. The van der Waals surface area contributed by atoms with Gasteiger partial charge in [0.25, 0.3) is 0 Å². The van der Waals surface area contributed by atoms with Gasteiger partial charge in [0.05, 0.1) is 5.75 Å². The van der Waals surface area contributed by atoms with Crippen LogP contribution in [0.2, 0.25) is 5.02 Å². The van der Waals surface area contributed by atoms with Gasteiger partial charge >= 0.3 is 0 Å². The summed E-state index contributed by atoms with van der Waals surface area (Å²) in [5, 5.41) is 13.8. The number of alkyl halides is 1. The van der Waals surface area contributed by atoms with Crippen LogP contribution in [0.25, 0.3) is 0 Å². The van der Waals surface area contributed by atoms with Crippen LogP contribution in [0.5, 0.6) is 0 Å². The zero-order valence-electron chi connectivity index (χ0n) is 11.0. The van der Waals surface area contributed by atoms with Crippen molar-refractivity contribution in [3.05, 3.63) is 29.3 Å². The molecule has 0 aliphatic carbocycles. The molecule has 2 rings (SSSR count). The maximum absolute atomic E-state index is 11.8. The molecule has 0 saturated carbocycles. The largest absolute Gasteiger partial charge is 0.325 e. The first-order valence-corrected chi connectivity index (χ1v) is 8.66. The van der Waals surface area contributed by atoms with Crippen molar-refractivity contribution in [3.8, 4) is 0 Å². The molecule has 0 aliphatic heterocycles. The Balaban J connectivity index is 1.81. The van der Waals surface area contributed by atoms with Crippen LogP contribution < -0.4 is 10.6 Å². The third-order valence-electron chi connectivity index (χ3n) is 2.23. The van der Waals surface area contributed by atoms with Gasteiger partial charge in [-0.3, -0.25) is 14.9 Å². The van der Waals surface area contributed by atoms with Gasteiger partial charge in [-0.2, -0.15) is 0 Å². The lowest BCUT2D eigenvalue weighted by Gasteiger charge is -2.03. The van der Waals surface area contributed by atoms with Crippen LogP contribution in [0.15, 0.2) is 28.6 Å². The molecule has 0 radical (unpaired) electrons. The fraction of sp³-hybridized carbons (Fsp3) is 0.167. The minimum atomic E-state index is -0.352. The predicted molar refractivity (Wildman–Crippen MR) is 90.1 cm³/mol. The third kappa shape index (κ3) is 5.45. The van der Waals surface area contributed by atoms with E-state index in [1.807, 2.05) is 0 Å². The molecule has 1 heterocycles. The number of aromatic nitrogens is 2. The number of anilines is 2. The Hall–Kier alpha value is -1.35. The first-order valence-electron chi connectivity index (χ1n) is 5.94. The first kappa shape index (κ1) is 17.0. The van der Waals surface area contributed by atoms with Crippen molar-refractivity contribution in [1.29, 1.82) is 0 Å². The Labute approximate surface area is 144 Å². The molecule has 22 heavy (non-hydrogen) atoms. The predicted octanol–water partition coefficient (Wildman–Crippen LogP) is 3.10. The van der Waals surface area contributed by atoms with E-state index in [0.717, 1.165) is 0 Å². The van der Waals surface area contributed by atoms with Gasteiger partial charge in [0, 0.05) is 10.7 Å². The van der Waals surface area contributed by atoms with Crippen molar-refractivity contribution in [2.75, 3.05) is 22.3 Å². The molecule has 0 atom stereocenters. The van der Waals surface area contributed by atoms with Crippen LogP contribution in [0, 0.1) is 0 Å². The summed E-state index contributed by atoms with van der Waals surface area (Å²) >= 11 is 13.6. The number of carbonyl (C=O) groups excluding carboxylic acids is 2. The summed E-state index contributed by atoms with van der Waals surface area (Å²) in [5.74, 6) is -0.490.